The van der Waals surface area contributed by atoms with Gasteiger partial charge in [-0.3, -0.25) is 14.6 Å². The zero-order valence-electron chi connectivity index (χ0n) is 18.6. The highest BCUT2D eigenvalue weighted by Crippen LogP contribution is 2.39. The second kappa shape index (κ2) is 8.86. The predicted octanol–water partition coefficient (Wildman–Crippen LogP) is 4.24. The number of methoxy groups -OCH3 is 1. The van der Waals surface area contributed by atoms with E-state index in [9.17, 15) is 14.7 Å². The van der Waals surface area contributed by atoms with Gasteiger partial charge in [0.05, 0.1) is 18.4 Å². The molecule has 7 nitrogen and oxygen atoms in total. The number of ether oxygens (including phenoxy) is 1. The van der Waals surface area contributed by atoms with Crippen molar-refractivity contribution in [1.82, 2.24) is 14.9 Å². The minimum atomic E-state index is -0.784. The van der Waals surface area contributed by atoms with Crippen LogP contribution in [0.5, 0.6) is 5.75 Å². The van der Waals surface area contributed by atoms with Crippen LogP contribution in [0.1, 0.15) is 22.9 Å². The first-order valence-electron chi connectivity index (χ1n) is 11.0. The van der Waals surface area contributed by atoms with E-state index in [1.165, 1.54) is 4.90 Å². The number of hydrogen-bond acceptors (Lipinski definition) is 5. The molecule has 5 rings (SSSR count). The fourth-order valence-electron chi connectivity index (χ4n) is 4.44. The Morgan fingerprint density at radius 1 is 1.06 bits per heavy atom. The number of Topliss-reactive ketones (excluding diaryl/α,β-unsaturated/α-hetero) is 1. The number of amides is 1. The molecule has 0 saturated carbocycles. The standard InChI is InChI=1S/C27H23N3O4/c1-34-19-11-9-17(10-12-19)25(31)23-24(22-8-4-5-14-28-22)30(27(33)26(23)32)15-13-18-16-29-21-7-3-2-6-20(18)21/h2-12,14,16,24,29,31H,13,15H2,1H3/t24-/m1/s1. The number of aromatic amines is 1. The molecule has 3 heterocycles. The van der Waals surface area contributed by atoms with Gasteiger partial charge < -0.3 is 19.7 Å². The average Bonchev–Trinajstić information content (AvgIpc) is 3.41. The van der Waals surface area contributed by atoms with Crippen molar-refractivity contribution in [1.29, 1.82) is 0 Å². The number of hydrogen-bond donors (Lipinski definition) is 2. The lowest BCUT2D eigenvalue weighted by Gasteiger charge is -2.24. The molecule has 0 radical (unpaired) electrons. The molecular formula is C27H23N3O4. The van der Waals surface area contributed by atoms with E-state index in [-0.39, 0.29) is 11.3 Å². The lowest BCUT2D eigenvalue weighted by Crippen LogP contribution is -2.32. The minimum absolute atomic E-state index is 0.0350. The normalized spacial score (nSPS) is 17.4. The molecule has 170 valence electrons. The topological polar surface area (TPSA) is 95.5 Å². The average molecular weight is 453 g/mol. The maximum absolute atomic E-state index is 13.1. The Labute approximate surface area is 196 Å². The first-order chi connectivity index (χ1) is 16.6. The Hall–Kier alpha value is -4.39. The van der Waals surface area contributed by atoms with Gasteiger partial charge in [0.2, 0.25) is 0 Å². The number of carbonyl (C=O) groups excluding carboxylic acids is 2. The van der Waals surface area contributed by atoms with Gasteiger partial charge in [-0.1, -0.05) is 24.3 Å². The zero-order chi connectivity index (χ0) is 23.7. The van der Waals surface area contributed by atoms with Gasteiger partial charge in [0.25, 0.3) is 11.7 Å². The highest BCUT2D eigenvalue weighted by atomic mass is 16.5. The number of aliphatic hydroxyl groups is 1. The van der Waals surface area contributed by atoms with Crippen molar-refractivity contribution in [2.45, 2.75) is 12.5 Å². The quantitative estimate of drug-likeness (QED) is 0.259. The number of aromatic nitrogens is 2. The Kier molecular flexibility index (Phi) is 5.59. The van der Waals surface area contributed by atoms with Crippen molar-refractivity contribution in [3.8, 4) is 5.75 Å². The van der Waals surface area contributed by atoms with Crippen LogP contribution in [-0.2, 0) is 16.0 Å². The number of para-hydroxylation sites is 1. The molecule has 4 aromatic rings. The van der Waals surface area contributed by atoms with Crippen LogP contribution in [0, 0.1) is 0 Å². The summed E-state index contributed by atoms with van der Waals surface area (Å²) in [6.07, 6.45) is 4.08. The molecule has 2 aromatic heterocycles. The summed E-state index contributed by atoms with van der Waals surface area (Å²) in [5, 5.41) is 12.2. The van der Waals surface area contributed by atoms with Crippen molar-refractivity contribution >= 4 is 28.4 Å². The third-order valence-corrected chi connectivity index (χ3v) is 6.17. The Balaban J connectivity index is 1.54. The van der Waals surface area contributed by atoms with Crippen molar-refractivity contribution in [2.24, 2.45) is 0 Å². The summed E-state index contributed by atoms with van der Waals surface area (Å²) in [6.45, 7) is 0.299. The first kappa shape index (κ1) is 21.5. The van der Waals surface area contributed by atoms with E-state index in [4.69, 9.17) is 4.74 Å². The molecule has 1 aliphatic rings. The number of benzene rings is 2. The molecule has 0 bridgehead atoms. The first-order valence-corrected chi connectivity index (χ1v) is 11.0. The second-order valence-corrected chi connectivity index (χ2v) is 8.09. The summed E-state index contributed by atoms with van der Waals surface area (Å²) < 4.78 is 5.18. The second-order valence-electron chi connectivity index (χ2n) is 8.09. The fraction of sp³-hybridized carbons (Fsp3) is 0.148. The van der Waals surface area contributed by atoms with Gasteiger partial charge in [-0.2, -0.15) is 0 Å². The summed E-state index contributed by atoms with van der Waals surface area (Å²) in [7, 11) is 1.55. The summed E-state index contributed by atoms with van der Waals surface area (Å²) in [4.78, 5) is 35.4. The summed E-state index contributed by atoms with van der Waals surface area (Å²) in [5.74, 6) is -0.975. The number of nitrogens with zero attached hydrogens (tertiary/aromatic N) is 2. The summed E-state index contributed by atoms with van der Waals surface area (Å²) in [5.41, 5.74) is 3.05. The number of likely N-dealkylation sites (tertiary alicyclic amines) is 1. The van der Waals surface area contributed by atoms with Crippen LogP contribution in [0.4, 0.5) is 0 Å². The number of pyridine rings is 1. The molecule has 2 aromatic carbocycles. The predicted molar refractivity (Wildman–Crippen MR) is 128 cm³/mol. The Bertz CT molecular complexity index is 1390. The van der Waals surface area contributed by atoms with Crippen LogP contribution in [-0.4, -0.2) is 45.3 Å². The van der Waals surface area contributed by atoms with Crippen LogP contribution >= 0.6 is 0 Å². The third-order valence-electron chi connectivity index (χ3n) is 6.17. The zero-order valence-corrected chi connectivity index (χ0v) is 18.6. The van der Waals surface area contributed by atoms with Crippen molar-refractivity contribution in [3.63, 3.8) is 0 Å². The number of fused-ring (bicyclic) bond motifs is 1. The number of H-pyrrole nitrogens is 1. The highest BCUT2D eigenvalue weighted by Gasteiger charge is 2.46. The van der Waals surface area contributed by atoms with E-state index >= 15 is 0 Å². The van der Waals surface area contributed by atoms with Crippen LogP contribution in [0.25, 0.3) is 16.7 Å². The van der Waals surface area contributed by atoms with Crippen LogP contribution in [0.2, 0.25) is 0 Å². The molecule has 0 aliphatic carbocycles. The van der Waals surface area contributed by atoms with Crippen LogP contribution in [0.3, 0.4) is 0 Å². The monoisotopic (exact) mass is 453 g/mol. The van der Waals surface area contributed by atoms with E-state index in [1.807, 2.05) is 30.5 Å². The van der Waals surface area contributed by atoms with E-state index < -0.39 is 17.7 Å². The van der Waals surface area contributed by atoms with Crippen molar-refractivity contribution in [2.75, 3.05) is 13.7 Å². The molecule has 34 heavy (non-hydrogen) atoms. The number of aliphatic hydroxyl groups excluding tert-OH is 1. The largest absolute Gasteiger partial charge is 0.507 e. The lowest BCUT2D eigenvalue weighted by atomic mass is 9.98. The maximum Gasteiger partial charge on any atom is 0.295 e. The van der Waals surface area contributed by atoms with E-state index in [2.05, 4.69) is 9.97 Å². The molecule has 1 aliphatic heterocycles. The minimum Gasteiger partial charge on any atom is -0.507 e. The number of rotatable bonds is 6. The molecule has 7 heteroatoms. The van der Waals surface area contributed by atoms with Crippen molar-refractivity contribution < 1.29 is 19.4 Å². The van der Waals surface area contributed by atoms with Gasteiger partial charge in [-0.05, 0) is 54.4 Å². The summed E-state index contributed by atoms with van der Waals surface area (Å²) >= 11 is 0. The molecule has 1 amide bonds. The van der Waals surface area contributed by atoms with Gasteiger partial charge in [0.15, 0.2) is 0 Å². The lowest BCUT2D eigenvalue weighted by molar-refractivity contribution is -0.139. The Morgan fingerprint density at radius 3 is 2.56 bits per heavy atom. The van der Waals surface area contributed by atoms with E-state index in [0.29, 0.717) is 30.0 Å². The third kappa shape index (κ3) is 3.71. The van der Waals surface area contributed by atoms with Gasteiger partial charge >= 0.3 is 0 Å². The molecule has 0 unspecified atom stereocenters. The van der Waals surface area contributed by atoms with Crippen molar-refractivity contribution in [3.05, 3.63) is 102 Å². The van der Waals surface area contributed by atoms with E-state index in [0.717, 1.165) is 16.5 Å². The molecule has 1 saturated heterocycles. The van der Waals surface area contributed by atoms with Gasteiger partial charge in [0, 0.05) is 35.4 Å². The molecule has 2 N–H and O–H groups in total. The maximum atomic E-state index is 13.1. The fourth-order valence-corrected chi connectivity index (χ4v) is 4.44. The highest BCUT2D eigenvalue weighted by molar-refractivity contribution is 6.46. The Morgan fingerprint density at radius 2 is 1.82 bits per heavy atom. The number of nitrogens with one attached hydrogen (secondary N) is 1. The number of ketones is 1. The van der Waals surface area contributed by atoms with Gasteiger partial charge in [-0.25, -0.2) is 0 Å². The van der Waals surface area contributed by atoms with Crippen LogP contribution in [0.15, 0.2) is 84.7 Å². The molecular weight excluding hydrogens is 430 g/mol. The van der Waals surface area contributed by atoms with E-state index in [1.54, 1.807) is 55.8 Å². The van der Waals surface area contributed by atoms with Gasteiger partial charge in [0.1, 0.15) is 17.6 Å². The van der Waals surface area contributed by atoms with Gasteiger partial charge in [-0.15, -0.1) is 0 Å². The SMILES string of the molecule is COc1ccc(C(O)=C2C(=O)C(=O)N(CCc3c[nH]c4ccccc34)[C@@H]2c2ccccn2)cc1. The molecule has 1 atom stereocenters. The summed E-state index contributed by atoms with van der Waals surface area (Å²) in [6, 6.07) is 19.2. The van der Waals surface area contributed by atoms with Crippen LogP contribution < -0.4 is 4.74 Å². The number of carbonyl (C=O) groups is 2. The smallest absolute Gasteiger partial charge is 0.295 e. The molecule has 1 fully saturated rings. The molecule has 0 spiro atoms.